The number of hydrogen-bond donors (Lipinski definition) is 0. The zero-order valence-corrected chi connectivity index (χ0v) is 18.1. The highest BCUT2D eigenvalue weighted by Crippen LogP contribution is 2.38. The number of likely N-dealkylation sites (tertiary alicyclic amines) is 1. The van der Waals surface area contributed by atoms with Crippen LogP contribution in [0.25, 0.3) is 0 Å². The van der Waals surface area contributed by atoms with Crippen LogP contribution in [0.15, 0.2) is 18.2 Å². The summed E-state index contributed by atoms with van der Waals surface area (Å²) in [6, 6.07) is 3.83. The van der Waals surface area contributed by atoms with E-state index in [-0.39, 0.29) is 30.1 Å². The molecule has 1 aliphatic rings. The zero-order valence-electron chi connectivity index (χ0n) is 18.1. The maximum Gasteiger partial charge on any atom is 0.411 e. The predicted octanol–water partition coefficient (Wildman–Crippen LogP) is 4.34. The van der Waals surface area contributed by atoms with Crippen molar-refractivity contribution in [3.8, 4) is 11.5 Å². The Morgan fingerprint density at radius 1 is 1.13 bits per heavy atom. The van der Waals surface area contributed by atoms with Gasteiger partial charge in [0.15, 0.2) is 11.5 Å². The van der Waals surface area contributed by atoms with Crippen LogP contribution in [0.4, 0.5) is 13.6 Å². The monoisotopic (exact) mass is 429 g/mol. The lowest BCUT2D eigenvalue weighted by atomic mass is 9.96. The summed E-state index contributed by atoms with van der Waals surface area (Å²) in [6.45, 7) is 5.99. The van der Waals surface area contributed by atoms with Crippen LogP contribution in [0.2, 0.25) is 0 Å². The van der Waals surface area contributed by atoms with Gasteiger partial charge in [0.25, 0.3) is 0 Å². The molecule has 1 amide bonds. The average Bonchev–Trinajstić information content (AvgIpc) is 3.06. The molecule has 1 fully saturated rings. The fourth-order valence-electron chi connectivity index (χ4n) is 3.28. The lowest BCUT2D eigenvalue weighted by Gasteiger charge is -2.27. The summed E-state index contributed by atoms with van der Waals surface area (Å²) in [5, 5.41) is 0. The summed E-state index contributed by atoms with van der Waals surface area (Å²) in [4.78, 5) is 26.2. The van der Waals surface area contributed by atoms with E-state index in [9.17, 15) is 18.4 Å². The molecule has 0 aromatic heterocycles. The highest BCUT2D eigenvalue weighted by Gasteiger charge is 2.42. The minimum Gasteiger partial charge on any atom is -0.487 e. The molecule has 30 heavy (non-hydrogen) atoms. The summed E-state index contributed by atoms with van der Waals surface area (Å²) in [5.41, 5.74) is 0.00905. The van der Waals surface area contributed by atoms with Gasteiger partial charge < -0.3 is 18.9 Å². The largest absolute Gasteiger partial charge is 0.487 e. The van der Waals surface area contributed by atoms with E-state index >= 15 is 0 Å². The van der Waals surface area contributed by atoms with Crippen molar-refractivity contribution in [2.45, 2.75) is 71.3 Å². The molecule has 0 radical (unpaired) electrons. The number of benzene rings is 1. The fraction of sp³-hybridized carbons (Fsp3) is 0.619. The zero-order chi connectivity index (χ0) is 22.6. The molecule has 0 N–H and O–H groups in total. The molecule has 0 spiro atoms. The van der Waals surface area contributed by atoms with E-state index in [4.69, 9.17) is 14.2 Å². The molecule has 1 heterocycles. The topological polar surface area (TPSA) is 74.3 Å². The van der Waals surface area contributed by atoms with Gasteiger partial charge in [-0.25, -0.2) is 9.59 Å². The number of carbonyl (C=O) groups excluding carboxylic acids is 2. The van der Waals surface area contributed by atoms with Gasteiger partial charge in [0.05, 0.1) is 13.2 Å². The van der Waals surface area contributed by atoms with E-state index in [0.717, 1.165) is 5.56 Å². The maximum atomic E-state index is 12.7. The molecule has 1 aromatic carbocycles. The van der Waals surface area contributed by atoms with Gasteiger partial charge in [-0.2, -0.15) is 8.78 Å². The van der Waals surface area contributed by atoms with Crippen LogP contribution in [0.1, 0.15) is 52.5 Å². The van der Waals surface area contributed by atoms with Gasteiger partial charge in [-0.15, -0.1) is 0 Å². The van der Waals surface area contributed by atoms with E-state index in [1.54, 1.807) is 46.8 Å². The summed E-state index contributed by atoms with van der Waals surface area (Å²) in [7, 11) is 1.26. The normalized spacial score (nSPS) is 19.2. The molecule has 9 heteroatoms. The lowest BCUT2D eigenvalue weighted by molar-refractivity contribution is -0.145. The minimum atomic E-state index is -2.98. The van der Waals surface area contributed by atoms with Gasteiger partial charge in [0.2, 0.25) is 0 Å². The first kappa shape index (κ1) is 23.7. The van der Waals surface area contributed by atoms with Crippen molar-refractivity contribution in [2.75, 3.05) is 13.7 Å². The number of methoxy groups -OCH3 is 1. The summed E-state index contributed by atoms with van der Waals surface area (Å²) in [6.07, 6.45) is -0.566. The molecular formula is C21H29F2NO6. The lowest BCUT2D eigenvalue weighted by Crippen LogP contribution is -2.43. The molecule has 2 atom stereocenters. The van der Waals surface area contributed by atoms with Crippen LogP contribution in [0.3, 0.4) is 0 Å². The van der Waals surface area contributed by atoms with Crippen molar-refractivity contribution in [3.05, 3.63) is 23.8 Å². The van der Waals surface area contributed by atoms with Crippen LogP contribution in [-0.2, 0) is 14.3 Å². The molecule has 0 unspecified atom stereocenters. The third-order valence-electron chi connectivity index (χ3n) is 4.42. The highest BCUT2D eigenvalue weighted by atomic mass is 19.3. The molecular weight excluding hydrogens is 400 g/mol. The number of carbonyl (C=O) groups is 2. The SMILES string of the molecule is COC(=O)[C@H]1C[C@@H](c2ccc(OC(F)F)c(OC(C)C)c2)CN1C(=O)OC(C)(C)C. The Morgan fingerprint density at radius 3 is 2.33 bits per heavy atom. The Labute approximate surface area is 175 Å². The van der Waals surface area contributed by atoms with Crippen molar-refractivity contribution in [3.63, 3.8) is 0 Å². The van der Waals surface area contributed by atoms with Crippen molar-refractivity contribution < 1.29 is 37.3 Å². The predicted molar refractivity (Wildman–Crippen MR) is 105 cm³/mol. The molecule has 1 saturated heterocycles. The number of hydrogen-bond acceptors (Lipinski definition) is 6. The Balaban J connectivity index is 2.31. The van der Waals surface area contributed by atoms with Crippen molar-refractivity contribution in [1.82, 2.24) is 4.90 Å². The van der Waals surface area contributed by atoms with Gasteiger partial charge in [0.1, 0.15) is 11.6 Å². The van der Waals surface area contributed by atoms with Crippen molar-refractivity contribution in [1.29, 1.82) is 0 Å². The van der Waals surface area contributed by atoms with Gasteiger partial charge >= 0.3 is 18.7 Å². The highest BCUT2D eigenvalue weighted by molar-refractivity contribution is 5.82. The van der Waals surface area contributed by atoms with E-state index < -0.39 is 30.3 Å². The summed E-state index contributed by atoms with van der Waals surface area (Å²) >= 11 is 0. The van der Waals surface area contributed by atoms with Gasteiger partial charge in [-0.05, 0) is 58.7 Å². The summed E-state index contributed by atoms with van der Waals surface area (Å²) in [5.74, 6) is -0.682. The molecule has 168 valence electrons. The Bertz CT molecular complexity index is 762. The standard InChI is InChI=1S/C21H29F2NO6/c1-12(2)28-17-10-13(7-8-16(17)29-19(22)23)14-9-15(18(25)27-6)24(11-14)20(26)30-21(3,4)5/h7-8,10,12,14-15,19H,9,11H2,1-6H3/t14-,15-/m1/s1. The number of esters is 1. The second-order valence-electron chi connectivity index (χ2n) is 8.36. The maximum absolute atomic E-state index is 12.7. The van der Waals surface area contributed by atoms with Gasteiger partial charge in [-0.1, -0.05) is 6.07 Å². The molecule has 1 aliphatic heterocycles. The smallest absolute Gasteiger partial charge is 0.411 e. The first-order valence-corrected chi connectivity index (χ1v) is 9.74. The van der Waals surface area contributed by atoms with E-state index in [0.29, 0.717) is 6.42 Å². The first-order chi connectivity index (χ1) is 13.9. The quantitative estimate of drug-likeness (QED) is 0.627. The van der Waals surface area contributed by atoms with E-state index in [1.807, 2.05) is 0 Å². The van der Waals surface area contributed by atoms with Crippen LogP contribution in [0, 0.1) is 0 Å². The number of alkyl halides is 2. The van der Waals surface area contributed by atoms with Crippen molar-refractivity contribution in [2.24, 2.45) is 0 Å². The van der Waals surface area contributed by atoms with Gasteiger partial charge in [-0.3, -0.25) is 4.90 Å². The van der Waals surface area contributed by atoms with Crippen LogP contribution in [0.5, 0.6) is 11.5 Å². The summed E-state index contributed by atoms with van der Waals surface area (Å²) < 4.78 is 45.9. The van der Waals surface area contributed by atoms with E-state index in [1.165, 1.54) is 18.1 Å². The van der Waals surface area contributed by atoms with Crippen LogP contribution < -0.4 is 9.47 Å². The second-order valence-corrected chi connectivity index (χ2v) is 8.36. The van der Waals surface area contributed by atoms with Crippen LogP contribution >= 0.6 is 0 Å². The fourth-order valence-corrected chi connectivity index (χ4v) is 3.28. The molecule has 2 rings (SSSR count). The third kappa shape index (κ3) is 6.21. The number of halogens is 2. The van der Waals surface area contributed by atoms with Crippen LogP contribution in [-0.4, -0.2) is 55.0 Å². The Kier molecular flexibility index (Phi) is 7.49. The first-order valence-electron chi connectivity index (χ1n) is 9.74. The molecule has 0 bridgehead atoms. The second kappa shape index (κ2) is 9.49. The number of nitrogens with zero attached hydrogens (tertiary/aromatic N) is 1. The molecule has 0 saturated carbocycles. The Hall–Kier alpha value is -2.58. The van der Waals surface area contributed by atoms with Crippen molar-refractivity contribution >= 4 is 12.1 Å². The average molecular weight is 429 g/mol. The van der Waals surface area contributed by atoms with Gasteiger partial charge in [0, 0.05) is 12.5 Å². The number of amides is 1. The number of ether oxygens (including phenoxy) is 4. The molecule has 1 aromatic rings. The molecule has 7 nitrogen and oxygen atoms in total. The number of rotatable bonds is 6. The van der Waals surface area contributed by atoms with E-state index in [2.05, 4.69) is 4.74 Å². The molecule has 0 aliphatic carbocycles. The Morgan fingerprint density at radius 2 is 1.80 bits per heavy atom. The minimum absolute atomic E-state index is 0.0750. The third-order valence-corrected chi connectivity index (χ3v) is 4.42.